The molecule has 1 aliphatic heterocycles. The molecule has 0 aromatic heterocycles. The van der Waals surface area contributed by atoms with Crippen LogP contribution in [0.5, 0.6) is 0 Å². The Bertz CT molecular complexity index is 1070. The molecule has 1 unspecified atom stereocenters. The highest BCUT2D eigenvalue weighted by Crippen LogP contribution is 2.32. The topological polar surface area (TPSA) is 183 Å². The Morgan fingerprint density at radius 2 is 1.86 bits per heavy atom. The zero-order valence-corrected chi connectivity index (χ0v) is 27.6. The van der Waals surface area contributed by atoms with Crippen molar-refractivity contribution in [1.82, 2.24) is 9.62 Å². The molecule has 0 aromatic carbocycles. The first-order valence-electron chi connectivity index (χ1n) is 14.5. The Balaban J connectivity index is 3.53. The lowest BCUT2D eigenvalue weighted by molar-refractivity contribution is -0.345. The van der Waals surface area contributed by atoms with Gasteiger partial charge in [-0.1, -0.05) is 52.0 Å². The summed E-state index contributed by atoms with van der Waals surface area (Å²) in [6.45, 7) is 12.8. The van der Waals surface area contributed by atoms with Crippen molar-refractivity contribution in [2.45, 2.75) is 92.0 Å². The minimum absolute atomic E-state index is 0.000876. The average molecular weight is 636 g/mol. The van der Waals surface area contributed by atoms with E-state index in [1.165, 1.54) is 12.2 Å². The highest BCUT2D eigenvalue weighted by atomic mass is 32.2. The number of nitrogens with two attached hydrogens (primary N) is 1. The number of nitrogens with one attached hydrogen (secondary N) is 1. The maximum atomic E-state index is 13.9. The van der Waals surface area contributed by atoms with E-state index in [1.807, 2.05) is 53.7 Å². The summed E-state index contributed by atoms with van der Waals surface area (Å²) in [5.74, 6) is -0.413. The third kappa shape index (κ3) is 13.8. The number of carbonyl (C=O) groups is 1. The van der Waals surface area contributed by atoms with Crippen LogP contribution in [0.1, 0.15) is 67.7 Å². The molecule has 1 aliphatic rings. The molecule has 12 nitrogen and oxygen atoms in total. The Kier molecular flexibility index (Phi) is 16.7. The molecule has 0 aliphatic carbocycles. The van der Waals surface area contributed by atoms with E-state index in [4.69, 9.17) is 19.7 Å². The van der Waals surface area contributed by atoms with Crippen LogP contribution in [0.3, 0.4) is 0 Å². The van der Waals surface area contributed by atoms with Gasteiger partial charge >= 0.3 is 6.09 Å². The van der Waals surface area contributed by atoms with E-state index in [-0.39, 0.29) is 48.3 Å². The largest absolute Gasteiger partial charge is 0.790 e. The van der Waals surface area contributed by atoms with Crippen LogP contribution in [0.25, 0.3) is 0 Å². The van der Waals surface area contributed by atoms with Crippen LogP contribution in [0, 0.1) is 17.8 Å². The standard InChI is InChI=1S/C28H52N3O9PS/c1-8-11-23(9-2)16-26(30-28(32)39-24-14-15-38-19-24)27(40-41(33,34)35)18-31(17-20(4)5)42(36,37)25(10-3)13-12-21(6)22(7)29/h8,10-13,20-24,26-27H,9,14-19,29H2,1-7H3,(H,30,32)(H2,33,34,35)/p-2/b11-8-,13-12-,25-10+/t21-,22-,23?,24+,26+,27-/m1/s1. The number of ether oxygens (including phenoxy) is 2. The first-order chi connectivity index (χ1) is 19.5. The minimum Gasteiger partial charge on any atom is -0.790 e. The number of phosphoric acid groups is 1. The van der Waals surface area contributed by atoms with E-state index in [0.29, 0.717) is 19.4 Å². The molecule has 1 fully saturated rings. The predicted octanol–water partition coefficient (Wildman–Crippen LogP) is 2.81. The van der Waals surface area contributed by atoms with Crippen LogP contribution in [0.4, 0.5) is 4.79 Å². The molecule has 3 N–H and O–H groups in total. The number of nitrogens with zero attached hydrogens (tertiary/aromatic N) is 1. The first-order valence-corrected chi connectivity index (χ1v) is 17.4. The molecule has 0 aromatic rings. The Labute approximate surface area is 252 Å². The van der Waals surface area contributed by atoms with Crippen molar-refractivity contribution in [1.29, 1.82) is 0 Å². The third-order valence-corrected chi connectivity index (χ3v) is 9.47. The first kappa shape index (κ1) is 38.5. The number of allylic oxidation sites excluding steroid dienone is 4. The third-order valence-electron chi connectivity index (χ3n) is 6.99. The molecule has 0 bridgehead atoms. The summed E-state index contributed by atoms with van der Waals surface area (Å²) in [5, 5.41) is 2.66. The molecule has 1 heterocycles. The molecule has 14 heteroatoms. The average Bonchev–Trinajstić information content (AvgIpc) is 3.38. The second-order valence-electron chi connectivity index (χ2n) is 11.1. The van der Waals surface area contributed by atoms with E-state index in [0.717, 1.165) is 4.31 Å². The number of sulfonamides is 1. The summed E-state index contributed by atoms with van der Waals surface area (Å²) in [4.78, 5) is 36.8. The molecule has 42 heavy (non-hydrogen) atoms. The van der Waals surface area contributed by atoms with Crippen molar-refractivity contribution in [2.75, 3.05) is 26.3 Å². The highest BCUT2D eigenvalue weighted by molar-refractivity contribution is 7.93. The van der Waals surface area contributed by atoms with Gasteiger partial charge in [0.05, 0.1) is 38.1 Å². The van der Waals surface area contributed by atoms with Crippen molar-refractivity contribution >= 4 is 23.9 Å². The zero-order valence-electron chi connectivity index (χ0n) is 25.9. The summed E-state index contributed by atoms with van der Waals surface area (Å²) in [7, 11) is -9.81. The molecule has 1 saturated heterocycles. The number of carbonyl (C=O) groups excluding carboxylic acids is 1. The van der Waals surface area contributed by atoms with Crippen LogP contribution in [0.15, 0.2) is 35.3 Å². The fourth-order valence-corrected chi connectivity index (χ4v) is 6.64. The lowest BCUT2D eigenvalue weighted by Crippen LogP contribution is -2.52. The van der Waals surface area contributed by atoms with Gasteiger partial charge in [0.2, 0.25) is 10.0 Å². The summed E-state index contributed by atoms with van der Waals surface area (Å²) >= 11 is 0. The Hall–Kier alpha value is -1.57. The van der Waals surface area contributed by atoms with Gasteiger partial charge in [-0.15, -0.1) is 0 Å². The van der Waals surface area contributed by atoms with Crippen molar-refractivity contribution in [3.05, 3.63) is 35.3 Å². The molecular weight excluding hydrogens is 585 g/mol. The lowest BCUT2D eigenvalue weighted by atomic mass is 9.93. The van der Waals surface area contributed by atoms with Gasteiger partial charge in [-0.25, -0.2) is 13.2 Å². The smallest absolute Gasteiger partial charge is 0.407 e. The molecule has 6 atom stereocenters. The zero-order chi connectivity index (χ0) is 32.1. The van der Waals surface area contributed by atoms with Gasteiger partial charge in [0.1, 0.15) is 6.10 Å². The van der Waals surface area contributed by atoms with E-state index in [2.05, 4.69) is 5.32 Å². The number of alkyl carbamates (subject to hydrolysis) is 1. The van der Waals surface area contributed by atoms with Gasteiger partial charge in [0.15, 0.2) is 0 Å². The van der Waals surface area contributed by atoms with E-state index >= 15 is 0 Å². The fraction of sp³-hybridized carbons (Fsp3) is 0.750. The van der Waals surface area contributed by atoms with Gasteiger partial charge in [0, 0.05) is 25.6 Å². The number of hydrogen-bond acceptors (Lipinski definition) is 10. The fourth-order valence-electron chi connectivity index (χ4n) is 4.41. The lowest BCUT2D eigenvalue weighted by Gasteiger charge is -2.40. The summed E-state index contributed by atoms with van der Waals surface area (Å²) in [6, 6.07) is -1.29. The quantitative estimate of drug-likeness (QED) is 0.129. The number of rotatable bonds is 18. The van der Waals surface area contributed by atoms with Crippen LogP contribution >= 0.6 is 7.82 Å². The molecule has 0 saturated carbocycles. The van der Waals surface area contributed by atoms with Gasteiger partial charge in [0.25, 0.3) is 0 Å². The van der Waals surface area contributed by atoms with E-state index in [1.54, 1.807) is 13.0 Å². The van der Waals surface area contributed by atoms with Gasteiger partial charge in [-0.2, -0.15) is 4.31 Å². The highest BCUT2D eigenvalue weighted by Gasteiger charge is 2.35. The van der Waals surface area contributed by atoms with Gasteiger partial charge in [-0.05, 0) is 57.4 Å². The Morgan fingerprint density at radius 1 is 1.19 bits per heavy atom. The maximum Gasteiger partial charge on any atom is 0.407 e. The molecule has 0 radical (unpaired) electrons. The van der Waals surface area contributed by atoms with E-state index in [9.17, 15) is 27.6 Å². The van der Waals surface area contributed by atoms with Crippen molar-refractivity contribution in [2.24, 2.45) is 23.5 Å². The van der Waals surface area contributed by atoms with Crippen molar-refractivity contribution in [3.8, 4) is 0 Å². The van der Waals surface area contributed by atoms with Crippen molar-refractivity contribution in [3.63, 3.8) is 0 Å². The monoisotopic (exact) mass is 635 g/mol. The molecule has 1 amide bonds. The maximum absolute atomic E-state index is 13.9. The van der Waals surface area contributed by atoms with Crippen LogP contribution in [-0.2, 0) is 28.6 Å². The molecule has 1 rings (SSSR count). The number of phosphoric ester groups is 1. The van der Waals surface area contributed by atoms with E-state index < -0.39 is 48.7 Å². The van der Waals surface area contributed by atoms with Crippen LogP contribution in [0.2, 0.25) is 0 Å². The minimum atomic E-state index is -5.62. The second-order valence-corrected chi connectivity index (χ2v) is 14.2. The summed E-state index contributed by atoms with van der Waals surface area (Å²) in [5.41, 5.74) is 5.93. The Morgan fingerprint density at radius 3 is 2.33 bits per heavy atom. The van der Waals surface area contributed by atoms with Crippen LogP contribution in [-0.4, -0.2) is 69.4 Å². The van der Waals surface area contributed by atoms with Crippen LogP contribution < -0.4 is 20.8 Å². The normalized spacial score (nSPS) is 20.8. The summed E-state index contributed by atoms with van der Waals surface area (Å²) in [6.07, 6.45) is 6.76. The number of amides is 1. The molecular formula is C28H50N3O9PS-2. The predicted molar refractivity (Wildman–Crippen MR) is 159 cm³/mol. The summed E-state index contributed by atoms with van der Waals surface area (Å²) < 4.78 is 56.5. The molecule has 0 spiro atoms. The number of hydrogen-bond donors (Lipinski definition) is 2. The van der Waals surface area contributed by atoms with Gasteiger partial charge in [-0.3, -0.25) is 0 Å². The molecule has 244 valence electrons. The second kappa shape index (κ2) is 18.3. The van der Waals surface area contributed by atoms with Crippen molar-refractivity contribution < 1.29 is 41.6 Å². The van der Waals surface area contributed by atoms with Gasteiger partial charge < -0.3 is 39.4 Å². The SMILES string of the molecule is C/C=C\C(CC)C[C@H](NC(=O)O[C@H]1CCOC1)[C@@H](CN(CC(C)C)S(=O)(=O)C(/C=C\[C@@H](C)[C@@H](C)N)=C/C)OP(=O)([O-])[O-].